The average Bonchev–Trinajstić information content (AvgIpc) is 2.77. The van der Waals surface area contributed by atoms with Crippen molar-refractivity contribution in [3.63, 3.8) is 0 Å². The molecule has 1 heterocycles. The lowest BCUT2D eigenvalue weighted by atomic mass is 9.82. The van der Waals surface area contributed by atoms with E-state index in [-0.39, 0.29) is 5.91 Å². The molecule has 0 fully saturated rings. The molecule has 0 unspecified atom stereocenters. The van der Waals surface area contributed by atoms with E-state index in [4.69, 9.17) is 32.7 Å². The van der Waals surface area contributed by atoms with Gasteiger partial charge in [-0.25, -0.2) is 4.98 Å². The van der Waals surface area contributed by atoms with Gasteiger partial charge in [0.05, 0.1) is 31.5 Å². The molecule has 31 heavy (non-hydrogen) atoms. The average molecular weight is 459 g/mol. The highest BCUT2D eigenvalue weighted by atomic mass is 35.5. The highest BCUT2D eigenvalue weighted by Gasteiger charge is 2.35. The van der Waals surface area contributed by atoms with Crippen LogP contribution in [0.3, 0.4) is 0 Å². The number of pyridine rings is 1. The molecule has 2 aromatic carbocycles. The Morgan fingerprint density at radius 1 is 0.968 bits per heavy atom. The highest BCUT2D eigenvalue weighted by Crippen LogP contribution is 2.38. The summed E-state index contributed by atoms with van der Waals surface area (Å²) in [6, 6.07) is 14.6. The maximum Gasteiger partial charge on any atom is 0.236 e. The van der Waals surface area contributed by atoms with Crippen LogP contribution in [0.4, 0.5) is 5.69 Å². The number of rotatable bonds is 6. The SMILES string of the molecule is COc1cc(OC)cc(C(C)(C)C(=O)N(C)c2cnc(Cl)cc2-c2ccccc2Cl)c1. The summed E-state index contributed by atoms with van der Waals surface area (Å²) in [5.74, 6) is 1.09. The lowest BCUT2D eigenvalue weighted by molar-refractivity contribution is -0.122. The van der Waals surface area contributed by atoms with Gasteiger partial charge in [0.25, 0.3) is 0 Å². The maximum atomic E-state index is 13.7. The van der Waals surface area contributed by atoms with Crippen molar-refractivity contribution in [1.82, 2.24) is 4.98 Å². The monoisotopic (exact) mass is 458 g/mol. The summed E-state index contributed by atoms with van der Waals surface area (Å²) in [5.41, 5.74) is 1.98. The Bertz CT molecular complexity index is 1090. The second kappa shape index (κ2) is 9.16. The predicted octanol–water partition coefficient (Wildman–Crippen LogP) is 6.01. The number of ether oxygens (including phenoxy) is 2. The van der Waals surface area contributed by atoms with Gasteiger partial charge in [-0.3, -0.25) is 4.79 Å². The number of benzene rings is 2. The van der Waals surface area contributed by atoms with Gasteiger partial charge in [0.15, 0.2) is 0 Å². The molecule has 0 aliphatic heterocycles. The molecule has 3 rings (SSSR count). The summed E-state index contributed by atoms with van der Waals surface area (Å²) >= 11 is 12.6. The van der Waals surface area contributed by atoms with E-state index in [0.717, 1.165) is 16.7 Å². The third kappa shape index (κ3) is 4.63. The van der Waals surface area contributed by atoms with Gasteiger partial charge in [-0.2, -0.15) is 0 Å². The van der Waals surface area contributed by atoms with Gasteiger partial charge < -0.3 is 14.4 Å². The first kappa shape index (κ1) is 22.9. The molecule has 0 spiro atoms. The van der Waals surface area contributed by atoms with Gasteiger partial charge >= 0.3 is 0 Å². The summed E-state index contributed by atoms with van der Waals surface area (Å²) in [6.45, 7) is 3.72. The molecule has 0 atom stereocenters. The minimum absolute atomic E-state index is 0.139. The van der Waals surface area contributed by atoms with Crippen LogP contribution in [0.5, 0.6) is 11.5 Å². The fourth-order valence-electron chi connectivity index (χ4n) is 3.41. The van der Waals surface area contributed by atoms with E-state index in [2.05, 4.69) is 4.98 Å². The summed E-state index contributed by atoms with van der Waals surface area (Å²) < 4.78 is 10.8. The van der Waals surface area contributed by atoms with Gasteiger partial charge in [0.2, 0.25) is 5.91 Å². The molecule has 0 saturated heterocycles. The Balaban J connectivity index is 2.07. The number of likely N-dealkylation sites (N-methyl/N-ethyl adjacent to an activating group) is 1. The Labute approximate surface area is 192 Å². The van der Waals surface area contributed by atoms with Gasteiger partial charge in [0, 0.05) is 29.3 Å². The molecule has 3 aromatic rings. The molecule has 0 saturated carbocycles. The molecule has 0 aliphatic rings. The molecular formula is C24H24Cl2N2O3. The number of hydrogen-bond acceptors (Lipinski definition) is 4. The summed E-state index contributed by atoms with van der Waals surface area (Å²) in [6.07, 6.45) is 1.58. The number of hydrogen-bond donors (Lipinski definition) is 0. The summed E-state index contributed by atoms with van der Waals surface area (Å²) in [5, 5.41) is 0.875. The van der Waals surface area contributed by atoms with Crippen molar-refractivity contribution in [3.05, 3.63) is 70.5 Å². The molecule has 1 amide bonds. The second-order valence-electron chi connectivity index (χ2n) is 7.59. The molecule has 0 radical (unpaired) electrons. The zero-order valence-corrected chi connectivity index (χ0v) is 19.6. The molecule has 162 valence electrons. The Hall–Kier alpha value is -2.76. The van der Waals surface area contributed by atoms with Crippen LogP contribution in [0.25, 0.3) is 11.1 Å². The summed E-state index contributed by atoms with van der Waals surface area (Å²) in [4.78, 5) is 19.4. The number of aromatic nitrogens is 1. The van der Waals surface area contributed by atoms with E-state index in [1.807, 2.05) is 44.2 Å². The lowest BCUT2D eigenvalue weighted by Gasteiger charge is -2.31. The van der Waals surface area contributed by atoms with Crippen LogP contribution in [-0.4, -0.2) is 32.2 Å². The summed E-state index contributed by atoms with van der Waals surface area (Å²) in [7, 11) is 4.87. The standard InChI is InChI=1S/C24H24Cl2N2O3/c1-24(2,15-10-16(30-4)12-17(11-15)31-5)23(29)28(3)21-14-27-22(26)13-19(21)18-8-6-7-9-20(18)25/h6-14H,1-5H3. The highest BCUT2D eigenvalue weighted by molar-refractivity contribution is 6.34. The topological polar surface area (TPSA) is 51.7 Å². The largest absolute Gasteiger partial charge is 0.497 e. The first-order valence-electron chi connectivity index (χ1n) is 9.61. The Morgan fingerprint density at radius 3 is 2.16 bits per heavy atom. The third-order valence-corrected chi connectivity index (χ3v) is 5.82. The van der Waals surface area contributed by atoms with Crippen LogP contribution >= 0.6 is 23.2 Å². The van der Waals surface area contributed by atoms with Crippen molar-refractivity contribution in [1.29, 1.82) is 0 Å². The van der Waals surface area contributed by atoms with Crippen molar-refractivity contribution in [3.8, 4) is 22.6 Å². The van der Waals surface area contributed by atoms with Crippen LogP contribution < -0.4 is 14.4 Å². The van der Waals surface area contributed by atoms with Crippen molar-refractivity contribution < 1.29 is 14.3 Å². The van der Waals surface area contributed by atoms with Crippen LogP contribution in [-0.2, 0) is 10.2 Å². The van der Waals surface area contributed by atoms with Crippen LogP contribution in [0, 0.1) is 0 Å². The maximum absolute atomic E-state index is 13.7. The minimum atomic E-state index is -0.881. The molecular weight excluding hydrogens is 435 g/mol. The quantitative estimate of drug-likeness (QED) is 0.424. The van der Waals surface area contributed by atoms with Crippen LogP contribution in [0.2, 0.25) is 10.2 Å². The first-order valence-corrected chi connectivity index (χ1v) is 10.4. The number of halogens is 2. The Morgan fingerprint density at radius 2 is 1.58 bits per heavy atom. The molecule has 7 heteroatoms. The van der Waals surface area contributed by atoms with Crippen molar-refractivity contribution in [2.45, 2.75) is 19.3 Å². The van der Waals surface area contributed by atoms with Gasteiger partial charge in [-0.15, -0.1) is 0 Å². The number of methoxy groups -OCH3 is 2. The van der Waals surface area contributed by atoms with E-state index >= 15 is 0 Å². The van der Waals surface area contributed by atoms with E-state index < -0.39 is 5.41 Å². The molecule has 0 N–H and O–H groups in total. The van der Waals surface area contributed by atoms with Gasteiger partial charge in [-0.05, 0) is 43.7 Å². The van der Waals surface area contributed by atoms with Crippen LogP contribution in [0.15, 0.2) is 54.7 Å². The molecule has 5 nitrogen and oxygen atoms in total. The van der Waals surface area contributed by atoms with Crippen molar-refractivity contribution >= 4 is 34.8 Å². The van der Waals surface area contributed by atoms with E-state index in [1.165, 1.54) is 0 Å². The minimum Gasteiger partial charge on any atom is -0.497 e. The van der Waals surface area contributed by atoms with E-state index in [9.17, 15) is 4.79 Å². The normalized spacial score (nSPS) is 11.2. The second-order valence-corrected chi connectivity index (χ2v) is 8.39. The zero-order valence-electron chi connectivity index (χ0n) is 18.1. The first-order chi connectivity index (χ1) is 14.7. The number of amides is 1. The van der Waals surface area contributed by atoms with E-state index in [0.29, 0.717) is 27.4 Å². The fourth-order valence-corrected chi connectivity index (χ4v) is 3.80. The van der Waals surface area contributed by atoms with Crippen molar-refractivity contribution in [2.24, 2.45) is 0 Å². The third-order valence-electron chi connectivity index (χ3n) is 5.29. The van der Waals surface area contributed by atoms with Crippen molar-refractivity contribution in [2.75, 3.05) is 26.2 Å². The smallest absolute Gasteiger partial charge is 0.236 e. The number of carbonyl (C=O) groups excluding carboxylic acids is 1. The lowest BCUT2D eigenvalue weighted by Crippen LogP contribution is -2.41. The van der Waals surface area contributed by atoms with Gasteiger partial charge in [0.1, 0.15) is 16.7 Å². The van der Waals surface area contributed by atoms with Gasteiger partial charge in [-0.1, -0.05) is 41.4 Å². The molecule has 0 aliphatic carbocycles. The number of anilines is 1. The number of nitrogens with zero attached hydrogens (tertiary/aromatic N) is 2. The van der Waals surface area contributed by atoms with Crippen LogP contribution in [0.1, 0.15) is 19.4 Å². The predicted molar refractivity (Wildman–Crippen MR) is 126 cm³/mol. The number of carbonyl (C=O) groups is 1. The molecule has 1 aromatic heterocycles. The zero-order chi connectivity index (χ0) is 22.8. The van der Waals surface area contributed by atoms with E-state index in [1.54, 1.807) is 50.6 Å². The fraction of sp³-hybridized carbons (Fsp3) is 0.250. The molecule has 0 bridgehead atoms. The Kier molecular flexibility index (Phi) is 6.77.